The third-order valence-electron chi connectivity index (χ3n) is 7.38. The third-order valence-corrected chi connectivity index (χ3v) is 9.07. The fourth-order valence-electron chi connectivity index (χ4n) is 5.26. The van der Waals surface area contributed by atoms with E-state index in [-0.39, 0.29) is 22.9 Å². The minimum absolute atomic E-state index is 0.0383. The number of hydrogen-bond donors (Lipinski definition) is 2. The van der Waals surface area contributed by atoms with E-state index < -0.39 is 20.7 Å². The van der Waals surface area contributed by atoms with Gasteiger partial charge >= 0.3 is 0 Å². The molecule has 2 aliphatic carbocycles. The van der Waals surface area contributed by atoms with Crippen LogP contribution in [0.2, 0.25) is 5.02 Å². The Morgan fingerprint density at radius 3 is 2.43 bits per heavy atom. The first kappa shape index (κ1) is 25.9. The Bertz CT molecular complexity index is 1370. The summed E-state index contributed by atoms with van der Waals surface area (Å²) in [4.78, 5) is 9.24. The molecular formula is C27H31ClFN5O2S. The molecule has 7 nitrogen and oxygen atoms in total. The molecule has 5 rings (SSSR count). The zero-order valence-electron chi connectivity index (χ0n) is 20.9. The van der Waals surface area contributed by atoms with Crippen molar-refractivity contribution in [2.75, 3.05) is 24.1 Å². The number of aromatic nitrogens is 2. The van der Waals surface area contributed by atoms with Crippen LogP contribution in [0.5, 0.6) is 0 Å². The molecule has 0 spiro atoms. The monoisotopic (exact) mass is 543 g/mol. The topological polar surface area (TPSA) is 87.2 Å². The molecule has 196 valence electrons. The molecule has 2 saturated carbocycles. The minimum Gasteiger partial charge on any atom is -0.379 e. The molecule has 2 aliphatic rings. The van der Waals surface area contributed by atoms with Crippen LogP contribution in [0.3, 0.4) is 0 Å². The number of likely N-dealkylation sites (N-methyl/N-ethyl adjacent to an activating group) is 1. The number of sulfonamides is 1. The number of hydrogen-bond acceptors (Lipinski definition) is 6. The average Bonchev–Trinajstić information content (AvgIpc) is 3.72. The maximum Gasteiger partial charge on any atom is 0.266 e. The smallest absolute Gasteiger partial charge is 0.266 e. The molecule has 2 aromatic carbocycles. The van der Waals surface area contributed by atoms with Gasteiger partial charge in [-0.05, 0) is 87.4 Å². The maximum absolute atomic E-state index is 15.1. The van der Waals surface area contributed by atoms with Crippen molar-refractivity contribution >= 4 is 33.1 Å². The number of nitrogens with zero attached hydrogens (tertiary/aromatic N) is 3. The number of anilines is 2. The number of rotatable bonds is 8. The predicted octanol–water partition coefficient (Wildman–Crippen LogP) is 5.63. The SMILES string of the molecule is CN(C)[C@H]1C[C@@H](c2cccc(C3CC3)c2)CC[C@@H]1Nc1cc(F)c(S(=O)(=O)Nc2ccncn2)cc1Cl. The number of nitrogens with one attached hydrogen (secondary N) is 2. The van der Waals surface area contributed by atoms with Crippen molar-refractivity contribution in [3.63, 3.8) is 0 Å². The minimum atomic E-state index is -4.22. The third kappa shape index (κ3) is 5.89. The first-order valence-electron chi connectivity index (χ1n) is 12.5. The van der Waals surface area contributed by atoms with Gasteiger partial charge in [-0.1, -0.05) is 35.9 Å². The van der Waals surface area contributed by atoms with Crippen molar-refractivity contribution in [1.29, 1.82) is 0 Å². The summed E-state index contributed by atoms with van der Waals surface area (Å²) in [7, 11) is -0.110. The van der Waals surface area contributed by atoms with Crippen molar-refractivity contribution in [3.05, 3.63) is 77.0 Å². The highest BCUT2D eigenvalue weighted by Crippen LogP contribution is 2.43. The maximum atomic E-state index is 15.1. The Morgan fingerprint density at radius 2 is 1.76 bits per heavy atom. The molecule has 0 saturated heterocycles. The van der Waals surface area contributed by atoms with E-state index in [1.165, 1.54) is 42.6 Å². The summed E-state index contributed by atoms with van der Waals surface area (Å²) in [6.07, 6.45) is 8.02. The highest BCUT2D eigenvalue weighted by atomic mass is 35.5. The normalized spacial score (nSPS) is 22.1. The van der Waals surface area contributed by atoms with Gasteiger partial charge in [0.25, 0.3) is 10.0 Å². The molecule has 0 unspecified atom stereocenters. The van der Waals surface area contributed by atoms with E-state index in [9.17, 15) is 8.42 Å². The molecule has 3 atom stereocenters. The van der Waals surface area contributed by atoms with Gasteiger partial charge in [-0.15, -0.1) is 0 Å². The van der Waals surface area contributed by atoms with Gasteiger partial charge in [0.15, 0.2) is 0 Å². The Balaban J connectivity index is 1.32. The Hall–Kier alpha value is -2.75. The quantitative estimate of drug-likeness (QED) is 0.383. The van der Waals surface area contributed by atoms with Crippen LogP contribution in [0, 0.1) is 5.82 Å². The van der Waals surface area contributed by atoms with E-state index in [0.717, 1.165) is 37.3 Å². The Morgan fingerprint density at radius 1 is 1.03 bits per heavy atom. The highest BCUT2D eigenvalue weighted by Gasteiger charge is 2.34. The average molecular weight is 544 g/mol. The zero-order chi connectivity index (χ0) is 26.2. The van der Waals surface area contributed by atoms with Crippen LogP contribution in [0.25, 0.3) is 0 Å². The van der Waals surface area contributed by atoms with E-state index >= 15 is 4.39 Å². The molecule has 0 aliphatic heterocycles. The number of halogens is 2. The van der Waals surface area contributed by atoms with Gasteiger partial charge in [0.05, 0.1) is 10.7 Å². The van der Waals surface area contributed by atoms with Gasteiger partial charge in [-0.25, -0.2) is 22.8 Å². The van der Waals surface area contributed by atoms with Gasteiger partial charge in [0.1, 0.15) is 22.9 Å². The van der Waals surface area contributed by atoms with Crippen molar-refractivity contribution in [3.8, 4) is 0 Å². The summed E-state index contributed by atoms with van der Waals surface area (Å²) in [5.41, 5.74) is 3.22. The summed E-state index contributed by atoms with van der Waals surface area (Å²) in [5.74, 6) is 0.334. The van der Waals surface area contributed by atoms with E-state index in [2.05, 4.69) is 63.3 Å². The molecule has 3 aromatic rings. The van der Waals surface area contributed by atoms with Crippen LogP contribution in [-0.2, 0) is 10.0 Å². The van der Waals surface area contributed by atoms with Gasteiger partial charge in [0, 0.05) is 18.3 Å². The van der Waals surface area contributed by atoms with Crippen molar-refractivity contribution in [2.24, 2.45) is 0 Å². The number of benzene rings is 2. The van der Waals surface area contributed by atoms with Gasteiger partial charge < -0.3 is 10.2 Å². The van der Waals surface area contributed by atoms with E-state index in [4.69, 9.17) is 11.6 Å². The second-order valence-electron chi connectivity index (χ2n) is 10.2. The Labute approximate surface area is 222 Å². The largest absolute Gasteiger partial charge is 0.379 e. The molecule has 1 heterocycles. The van der Waals surface area contributed by atoms with E-state index in [1.54, 1.807) is 0 Å². The van der Waals surface area contributed by atoms with Crippen molar-refractivity contribution in [1.82, 2.24) is 14.9 Å². The van der Waals surface area contributed by atoms with Crippen LogP contribution < -0.4 is 10.0 Å². The lowest BCUT2D eigenvalue weighted by Gasteiger charge is -2.41. The standard InChI is InChI=1S/C27H31ClFN5O2S/c1-34(2)25-13-20(19-5-3-4-18(12-19)17-6-7-17)8-9-23(25)32-24-15-22(29)26(14-21(24)28)37(35,36)33-27-10-11-30-16-31-27/h3-5,10-12,14-17,20,23,25,32H,6-9,13H2,1-2H3,(H,30,31,33)/t20-,23-,25-/m0/s1. The summed E-state index contributed by atoms with van der Waals surface area (Å²) in [6.45, 7) is 0. The second kappa shape index (κ2) is 10.6. The van der Waals surface area contributed by atoms with Crippen LogP contribution >= 0.6 is 11.6 Å². The second-order valence-corrected chi connectivity index (χ2v) is 12.3. The molecule has 10 heteroatoms. The Kier molecular flexibility index (Phi) is 7.38. The van der Waals surface area contributed by atoms with Gasteiger partial charge in [-0.3, -0.25) is 4.72 Å². The zero-order valence-corrected chi connectivity index (χ0v) is 22.4. The van der Waals surface area contributed by atoms with Crippen molar-refractivity contribution in [2.45, 2.75) is 60.9 Å². The lowest BCUT2D eigenvalue weighted by atomic mass is 9.77. The molecule has 0 amide bonds. The lowest BCUT2D eigenvalue weighted by Crippen LogP contribution is -2.47. The predicted molar refractivity (Wildman–Crippen MR) is 144 cm³/mol. The molecule has 2 fully saturated rings. The molecule has 2 N–H and O–H groups in total. The molecular weight excluding hydrogens is 513 g/mol. The highest BCUT2D eigenvalue weighted by molar-refractivity contribution is 7.92. The molecule has 0 bridgehead atoms. The summed E-state index contributed by atoms with van der Waals surface area (Å²) in [6, 6.07) is 12.9. The molecule has 0 radical (unpaired) electrons. The van der Waals surface area contributed by atoms with Crippen LogP contribution in [0.4, 0.5) is 15.9 Å². The van der Waals surface area contributed by atoms with E-state index in [0.29, 0.717) is 11.6 Å². The first-order valence-corrected chi connectivity index (χ1v) is 14.4. The van der Waals surface area contributed by atoms with Gasteiger partial charge in [0.2, 0.25) is 0 Å². The van der Waals surface area contributed by atoms with Crippen LogP contribution in [0.15, 0.2) is 59.9 Å². The molecule has 37 heavy (non-hydrogen) atoms. The van der Waals surface area contributed by atoms with Crippen LogP contribution in [0.1, 0.15) is 55.1 Å². The van der Waals surface area contributed by atoms with Crippen LogP contribution in [-0.4, -0.2) is 49.5 Å². The lowest BCUT2D eigenvalue weighted by molar-refractivity contribution is 0.196. The first-order chi connectivity index (χ1) is 17.7. The summed E-state index contributed by atoms with van der Waals surface area (Å²) >= 11 is 6.47. The van der Waals surface area contributed by atoms with Crippen molar-refractivity contribution < 1.29 is 12.8 Å². The summed E-state index contributed by atoms with van der Waals surface area (Å²) < 4.78 is 42.8. The summed E-state index contributed by atoms with van der Waals surface area (Å²) in [5, 5.41) is 3.55. The molecule has 1 aromatic heterocycles. The van der Waals surface area contributed by atoms with E-state index in [1.807, 2.05) is 0 Å². The van der Waals surface area contributed by atoms with Gasteiger partial charge in [-0.2, -0.15) is 0 Å². The fraction of sp³-hybridized carbons (Fsp3) is 0.407. The fourth-order valence-corrected chi connectivity index (χ4v) is 6.64.